The number of nitrogens with one attached hydrogen (secondary N) is 2. The zero-order valence-electron chi connectivity index (χ0n) is 18.1. The van der Waals surface area contributed by atoms with Crippen LogP contribution in [0.25, 0.3) is 0 Å². The van der Waals surface area contributed by atoms with Gasteiger partial charge in [-0.2, -0.15) is 0 Å². The van der Waals surface area contributed by atoms with Crippen LogP contribution in [0.5, 0.6) is 11.5 Å². The third-order valence-corrected chi connectivity index (χ3v) is 7.58. The number of carbonyl (C=O) groups is 3. The summed E-state index contributed by atoms with van der Waals surface area (Å²) in [5.41, 5.74) is 0.230. The fraction of sp³-hybridized carbons (Fsp3) is 0.375. The van der Waals surface area contributed by atoms with Crippen LogP contribution in [0.4, 0.5) is 5.69 Å². The molecule has 5 rings (SSSR count). The second kappa shape index (κ2) is 7.46. The van der Waals surface area contributed by atoms with Crippen molar-refractivity contribution >= 4 is 35.0 Å². The Labute approximate surface area is 195 Å². The molecule has 0 aliphatic carbocycles. The molecule has 3 aliphatic rings. The molecule has 0 bridgehead atoms. The van der Waals surface area contributed by atoms with Crippen molar-refractivity contribution < 1.29 is 24.6 Å². The zero-order valence-corrected chi connectivity index (χ0v) is 18.9. The van der Waals surface area contributed by atoms with E-state index in [0.29, 0.717) is 28.3 Å². The van der Waals surface area contributed by atoms with Crippen LogP contribution in [0, 0.1) is 11.8 Å². The van der Waals surface area contributed by atoms with E-state index in [-0.39, 0.29) is 35.8 Å². The number of para-hydroxylation sites is 1. The van der Waals surface area contributed by atoms with Gasteiger partial charge in [-0.25, -0.2) is 0 Å². The maximum atomic E-state index is 13.7. The van der Waals surface area contributed by atoms with Crippen molar-refractivity contribution in [1.82, 2.24) is 10.2 Å². The first kappa shape index (κ1) is 21.7. The van der Waals surface area contributed by atoms with Gasteiger partial charge in [0.1, 0.15) is 5.54 Å². The molecule has 2 aromatic rings. The molecule has 0 radical (unpaired) electrons. The SMILES string of the molecule is CC[C@H](C)N1C(=O)[C@H]2[C@@H](C1=O)[C@]1(N[C@@H]2Cc2ccc(O)c(O)c2)C(=O)Nc2c(Cl)cccc21. The van der Waals surface area contributed by atoms with Crippen LogP contribution >= 0.6 is 11.6 Å². The molecule has 3 heterocycles. The average Bonchev–Trinajstić information content (AvgIpc) is 3.36. The highest BCUT2D eigenvalue weighted by Crippen LogP contribution is 2.54. The topological polar surface area (TPSA) is 119 Å². The van der Waals surface area contributed by atoms with Gasteiger partial charge in [-0.05, 0) is 43.5 Å². The molecular formula is C24H24ClN3O5. The molecule has 33 heavy (non-hydrogen) atoms. The smallest absolute Gasteiger partial charge is 0.250 e. The summed E-state index contributed by atoms with van der Waals surface area (Å²) in [6.45, 7) is 3.73. The number of hydrogen-bond acceptors (Lipinski definition) is 6. The number of rotatable bonds is 4. The van der Waals surface area contributed by atoms with Gasteiger partial charge in [0.15, 0.2) is 11.5 Å². The Hall–Kier alpha value is -3.10. The van der Waals surface area contributed by atoms with Gasteiger partial charge in [0.2, 0.25) is 17.7 Å². The van der Waals surface area contributed by atoms with Gasteiger partial charge in [-0.3, -0.25) is 24.6 Å². The third-order valence-electron chi connectivity index (χ3n) is 7.26. The van der Waals surface area contributed by atoms with Gasteiger partial charge in [-0.15, -0.1) is 0 Å². The minimum atomic E-state index is -1.43. The normalized spacial score (nSPS) is 28.9. The molecule has 1 spiro atoms. The Kier molecular flexibility index (Phi) is 4.91. The number of imide groups is 1. The van der Waals surface area contributed by atoms with E-state index in [1.807, 2.05) is 13.8 Å². The van der Waals surface area contributed by atoms with Gasteiger partial charge >= 0.3 is 0 Å². The van der Waals surface area contributed by atoms with Crippen LogP contribution in [0.2, 0.25) is 5.02 Å². The number of halogens is 1. The van der Waals surface area contributed by atoms with E-state index in [1.165, 1.54) is 17.0 Å². The number of hydrogen-bond donors (Lipinski definition) is 4. The summed E-state index contributed by atoms with van der Waals surface area (Å²) < 4.78 is 0. The highest BCUT2D eigenvalue weighted by atomic mass is 35.5. The lowest BCUT2D eigenvalue weighted by Crippen LogP contribution is -2.54. The molecule has 2 aromatic carbocycles. The molecule has 3 aliphatic heterocycles. The Bertz CT molecular complexity index is 1200. The molecule has 0 aromatic heterocycles. The van der Waals surface area contributed by atoms with Crippen molar-refractivity contribution in [3.8, 4) is 11.5 Å². The Balaban J connectivity index is 1.64. The molecule has 172 valence electrons. The van der Waals surface area contributed by atoms with Crippen LogP contribution < -0.4 is 10.6 Å². The third kappa shape index (κ3) is 2.90. The van der Waals surface area contributed by atoms with Crippen molar-refractivity contribution in [2.24, 2.45) is 11.8 Å². The second-order valence-electron chi connectivity index (χ2n) is 9.01. The summed E-state index contributed by atoms with van der Waals surface area (Å²) in [4.78, 5) is 42.0. The maximum Gasteiger partial charge on any atom is 0.250 e. The summed E-state index contributed by atoms with van der Waals surface area (Å²) in [6.07, 6.45) is 0.871. The largest absolute Gasteiger partial charge is 0.504 e. The van der Waals surface area contributed by atoms with Gasteiger partial charge < -0.3 is 15.5 Å². The Morgan fingerprint density at radius 1 is 1.12 bits per heavy atom. The molecule has 0 saturated carbocycles. The number of likely N-dealkylation sites (tertiary alicyclic amines) is 1. The summed E-state index contributed by atoms with van der Waals surface area (Å²) in [7, 11) is 0. The molecular weight excluding hydrogens is 446 g/mol. The number of phenolic OH excluding ortho intramolecular Hbond substituents is 2. The van der Waals surface area contributed by atoms with E-state index in [4.69, 9.17) is 11.6 Å². The van der Waals surface area contributed by atoms with Crippen molar-refractivity contribution in [3.63, 3.8) is 0 Å². The van der Waals surface area contributed by atoms with Gasteiger partial charge in [0.05, 0.1) is 22.5 Å². The first-order valence-corrected chi connectivity index (χ1v) is 11.3. The van der Waals surface area contributed by atoms with Crippen molar-refractivity contribution in [1.29, 1.82) is 0 Å². The first-order chi connectivity index (χ1) is 15.7. The number of anilines is 1. The van der Waals surface area contributed by atoms with E-state index in [0.717, 1.165) is 0 Å². The zero-order chi connectivity index (χ0) is 23.7. The molecule has 8 nitrogen and oxygen atoms in total. The number of aromatic hydroxyl groups is 2. The molecule has 2 saturated heterocycles. The lowest BCUT2D eigenvalue weighted by atomic mass is 9.76. The number of amides is 3. The second-order valence-corrected chi connectivity index (χ2v) is 9.42. The molecule has 4 N–H and O–H groups in total. The molecule has 9 heteroatoms. The number of carbonyl (C=O) groups excluding carboxylic acids is 3. The minimum Gasteiger partial charge on any atom is -0.504 e. The lowest BCUT2D eigenvalue weighted by Gasteiger charge is -2.31. The van der Waals surface area contributed by atoms with Crippen molar-refractivity contribution in [2.45, 2.75) is 44.3 Å². The fourth-order valence-corrected chi connectivity index (χ4v) is 5.78. The van der Waals surface area contributed by atoms with Crippen LogP contribution in [0.1, 0.15) is 31.4 Å². The standard InChI is InChI=1S/C24H24ClN3O5/c1-3-11(2)28-21(31)18-15(9-12-7-8-16(29)17(30)10-12)27-24(19(18)22(28)32)13-5-4-6-14(25)20(13)26-23(24)33/h4-8,10-11,15,18-19,27,29-30H,3,9H2,1-2H3,(H,26,33)/t11-,15+,18+,19-,24-/m0/s1. The van der Waals surface area contributed by atoms with Gasteiger partial charge in [0.25, 0.3) is 0 Å². The Morgan fingerprint density at radius 3 is 2.58 bits per heavy atom. The minimum absolute atomic E-state index is 0.249. The monoisotopic (exact) mass is 469 g/mol. The van der Waals surface area contributed by atoms with Crippen molar-refractivity contribution in [2.75, 3.05) is 5.32 Å². The van der Waals surface area contributed by atoms with Crippen LogP contribution in [0.3, 0.4) is 0 Å². The first-order valence-electron chi connectivity index (χ1n) is 11.0. The van der Waals surface area contributed by atoms with E-state index in [2.05, 4.69) is 10.6 Å². The van der Waals surface area contributed by atoms with E-state index >= 15 is 0 Å². The predicted molar refractivity (Wildman–Crippen MR) is 121 cm³/mol. The predicted octanol–water partition coefficient (Wildman–Crippen LogP) is 2.51. The average molecular weight is 470 g/mol. The number of phenols is 2. The number of fused-ring (bicyclic) bond motifs is 4. The molecule has 0 unspecified atom stereocenters. The molecule has 2 fully saturated rings. The summed E-state index contributed by atoms with van der Waals surface area (Å²) in [5, 5.41) is 26.1. The Morgan fingerprint density at radius 2 is 1.88 bits per heavy atom. The van der Waals surface area contributed by atoms with Crippen LogP contribution in [-0.2, 0) is 26.3 Å². The van der Waals surface area contributed by atoms with E-state index in [1.54, 1.807) is 24.3 Å². The van der Waals surface area contributed by atoms with Crippen LogP contribution in [-0.4, -0.2) is 44.9 Å². The highest BCUT2D eigenvalue weighted by molar-refractivity contribution is 6.35. The van der Waals surface area contributed by atoms with Gasteiger partial charge in [-0.1, -0.05) is 36.7 Å². The van der Waals surface area contributed by atoms with Gasteiger partial charge in [0, 0.05) is 17.6 Å². The van der Waals surface area contributed by atoms with E-state index < -0.39 is 29.3 Å². The fourth-order valence-electron chi connectivity index (χ4n) is 5.56. The quantitative estimate of drug-likeness (QED) is 0.403. The maximum absolute atomic E-state index is 13.7. The summed E-state index contributed by atoms with van der Waals surface area (Å²) >= 11 is 6.35. The molecule has 3 amide bonds. The van der Waals surface area contributed by atoms with E-state index in [9.17, 15) is 24.6 Å². The number of nitrogens with zero attached hydrogens (tertiary/aromatic N) is 1. The lowest BCUT2D eigenvalue weighted by molar-refractivity contribution is -0.145. The summed E-state index contributed by atoms with van der Waals surface area (Å²) in [6, 6.07) is 8.72. The van der Waals surface area contributed by atoms with Crippen LogP contribution in [0.15, 0.2) is 36.4 Å². The molecule has 5 atom stereocenters. The number of benzene rings is 2. The van der Waals surface area contributed by atoms with Crippen molar-refractivity contribution in [3.05, 3.63) is 52.5 Å². The highest BCUT2D eigenvalue weighted by Gasteiger charge is 2.70. The summed E-state index contributed by atoms with van der Waals surface area (Å²) in [5.74, 6) is -3.30.